The third kappa shape index (κ3) is 5.40. The molecule has 1 fully saturated rings. The van der Waals surface area contributed by atoms with Gasteiger partial charge in [-0.1, -0.05) is 19.3 Å². The van der Waals surface area contributed by atoms with Crippen LogP contribution in [0.3, 0.4) is 0 Å². The molecule has 0 aromatic carbocycles. The minimum atomic E-state index is -2.86. The van der Waals surface area contributed by atoms with E-state index in [-0.39, 0.29) is 11.3 Å². The summed E-state index contributed by atoms with van der Waals surface area (Å²) >= 11 is 0. The monoisotopic (exact) mass is 261 g/mol. The van der Waals surface area contributed by atoms with Gasteiger partial charge in [-0.2, -0.15) is 0 Å². The maximum Gasteiger partial charge on any atom is 0.0758 e. The molecule has 17 heavy (non-hydrogen) atoms. The van der Waals surface area contributed by atoms with Crippen molar-refractivity contribution in [3.05, 3.63) is 0 Å². The summed E-state index contributed by atoms with van der Waals surface area (Å²) in [6.45, 7) is 7.23. The molecule has 0 amide bonds. The van der Waals surface area contributed by atoms with Crippen LogP contribution in [-0.2, 0) is 9.80 Å². The first kappa shape index (κ1) is 15.0. The van der Waals surface area contributed by atoms with Gasteiger partial charge in [-0.15, -0.1) is 0 Å². The first-order chi connectivity index (χ1) is 7.70. The normalized spacial score (nSPS) is 22.6. The van der Waals surface area contributed by atoms with E-state index in [0.29, 0.717) is 12.6 Å². The Morgan fingerprint density at radius 2 is 1.82 bits per heavy atom. The SMILES string of the molecule is C=S(=O)(O)CCN(C1CCCCC1)C(C)(C)C. The predicted molar refractivity (Wildman–Crippen MR) is 76.1 cm³/mol. The van der Waals surface area contributed by atoms with Crippen LogP contribution in [0.2, 0.25) is 0 Å². The zero-order valence-electron chi connectivity index (χ0n) is 11.4. The highest BCUT2D eigenvalue weighted by atomic mass is 32.2. The Morgan fingerprint density at radius 1 is 1.29 bits per heavy atom. The van der Waals surface area contributed by atoms with Gasteiger partial charge in [-0.05, 0) is 39.5 Å². The van der Waals surface area contributed by atoms with Gasteiger partial charge in [-0.3, -0.25) is 4.90 Å². The summed E-state index contributed by atoms with van der Waals surface area (Å²) in [6.07, 6.45) is 6.36. The molecule has 1 rings (SSSR count). The van der Waals surface area contributed by atoms with Crippen molar-refractivity contribution in [2.24, 2.45) is 0 Å². The molecule has 1 atom stereocenters. The van der Waals surface area contributed by atoms with Crippen LogP contribution in [0.4, 0.5) is 0 Å². The number of hydrogen-bond donors (Lipinski definition) is 1. The molecule has 4 heteroatoms. The average molecular weight is 261 g/mol. The molecule has 1 N–H and O–H groups in total. The maximum atomic E-state index is 11.3. The second-order valence-electron chi connectivity index (χ2n) is 6.13. The van der Waals surface area contributed by atoms with Crippen LogP contribution >= 0.6 is 0 Å². The third-order valence-electron chi connectivity index (χ3n) is 3.53. The van der Waals surface area contributed by atoms with Crippen molar-refractivity contribution >= 4 is 15.7 Å². The summed E-state index contributed by atoms with van der Waals surface area (Å²) in [4.78, 5) is 2.40. The van der Waals surface area contributed by atoms with Crippen molar-refractivity contribution in [2.75, 3.05) is 12.3 Å². The quantitative estimate of drug-likeness (QED) is 0.791. The lowest BCUT2D eigenvalue weighted by molar-refractivity contribution is 0.0672. The molecule has 0 radical (unpaired) electrons. The summed E-state index contributed by atoms with van der Waals surface area (Å²) < 4.78 is 20.6. The van der Waals surface area contributed by atoms with Crippen molar-refractivity contribution in [3.8, 4) is 0 Å². The Bertz CT molecular complexity index is 324. The lowest BCUT2D eigenvalue weighted by atomic mass is 9.91. The van der Waals surface area contributed by atoms with Gasteiger partial charge in [0.2, 0.25) is 0 Å². The van der Waals surface area contributed by atoms with E-state index in [0.717, 1.165) is 0 Å². The van der Waals surface area contributed by atoms with E-state index in [1.807, 2.05) is 0 Å². The fourth-order valence-electron chi connectivity index (χ4n) is 2.70. The van der Waals surface area contributed by atoms with Gasteiger partial charge >= 0.3 is 0 Å². The largest absolute Gasteiger partial charge is 0.314 e. The minimum Gasteiger partial charge on any atom is -0.314 e. The molecular weight excluding hydrogens is 234 g/mol. The van der Waals surface area contributed by atoms with Crippen molar-refractivity contribution in [2.45, 2.75) is 64.5 Å². The molecule has 0 aromatic rings. The fourth-order valence-corrected chi connectivity index (χ4v) is 3.18. The van der Waals surface area contributed by atoms with Gasteiger partial charge in [0.15, 0.2) is 0 Å². The van der Waals surface area contributed by atoms with Crippen molar-refractivity contribution in [3.63, 3.8) is 0 Å². The molecular formula is C13H27NO2S. The number of rotatable bonds is 4. The Labute approximate surface area is 106 Å². The van der Waals surface area contributed by atoms with Crippen molar-refractivity contribution in [1.29, 1.82) is 0 Å². The molecule has 1 aliphatic carbocycles. The number of hydrogen-bond acceptors (Lipinski definition) is 2. The highest BCUT2D eigenvalue weighted by Gasteiger charge is 2.29. The minimum absolute atomic E-state index is 0.0622. The van der Waals surface area contributed by atoms with Gasteiger partial charge in [-0.25, -0.2) is 4.21 Å². The molecule has 0 aliphatic heterocycles. The first-order valence-corrected chi connectivity index (χ1v) is 8.39. The van der Waals surface area contributed by atoms with Crippen LogP contribution in [0.1, 0.15) is 52.9 Å². The van der Waals surface area contributed by atoms with E-state index in [9.17, 15) is 8.76 Å². The molecule has 1 saturated carbocycles. The number of nitrogens with zero attached hydrogens (tertiary/aromatic N) is 1. The zero-order valence-corrected chi connectivity index (χ0v) is 12.3. The van der Waals surface area contributed by atoms with E-state index in [1.165, 1.54) is 32.1 Å². The zero-order chi connectivity index (χ0) is 13.1. The molecule has 0 spiro atoms. The Balaban J connectivity index is 2.66. The van der Waals surface area contributed by atoms with E-state index >= 15 is 0 Å². The smallest absolute Gasteiger partial charge is 0.0758 e. The summed E-state index contributed by atoms with van der Waals surface area (Å²) in [7, 11) is -2.86. The van der Waals surface area contributed by atoms with Crippen LogP contribution < -0.4 is 0 Å². The summed E-state index contributed by atoms with van der Waals surface area (Å²) in [5, 5.41) is 0. The summed E-state index contributed by atoms with van der Waals surface area (Å²) in [6, 6.07) is 0.575. The second kappa shape index (κ2) is 5.72. The molecule has 3 nitrogen and oxygen atoms in total. The van der Waals surface area contributed by atoms with Crippen LogP contribution in [0.5, 0.6) is 0 Å². The molecule has 0 heterocycles. The van der Waals surface area contributed by atoms with Gasteiger partial charge in [0.1, 0.15) is 0 Å². The molecule has 0 aromatic heterocycles. The van der Waals surface area contributed by atoms with E-state index in [2.05, 4.69) is 31.5 Å². The predicted octanol–water partition coefficient (Wildman–Crippen LogP) is 2.61. The first-order valence-electron chi connectivity index (χ1n) is 6.54. The molecule has 1 unspecified atom stereocenters. The van der Waals surface area contributed by atoms with Gasteiger partial charge in [0.25, 0.3) is 0 Å². The van der Waals surface area contributed by atoms with Crippen molar-refractivity contribution in [1.82, 2.24) is 4.90 Å². The highest BCUT2D eigenvalue weighted by molar-refractivity contribution is 7.95. The summed E-state index contributed by atoms with van der Waals surface area (Å²) in [5.74, 6) is 3.60. The standard InChI is InChI=1S/C13H27NO2S/c1-13(2,3)14(10-11-17(4,15)16)12-8-6-5-7-9-12/h12H,4-11H2,1-3H3,(H,15,16). The van der Waals surface area contributed by atoms with E-state index < -0.39 is 9.80 Å². The molecule has 0 saturated heterocycles. The Morgan fingerprint density at radius 3 is 2.24 bits per heavy atom. The van der Waals surface area contributed by atoms with Crippen LogP contribution in [-0.4, -0.2) is 43.4 Å². The maximum absolute atomic E-state index is 11.3. The molecule has 1 aliphatic rings. The third-order valence-corrected chi connectivity index (χ3v) is 4.35. The molecule has 102 valence electrons. The van der Waals surface area contributed by atoms with E-state index in [1.54, 1.807) is 0 Å². The Hall–Kier alpha value is -0.0600. The lowest BCUT2D eigenvalue weighted by Crippen LogP contribution is -2.50. The topological polar surface area (TPSA) is 40.5 Å². The Kier molecular flexibility index (Phi) is 5.05. The average Bonchev–Trinajstić information content (AvgIpc) is 2.15. The molecule has 0 bridgehead atoms. The van der Waals surface area contributed by atoms with Gasteiger partial charge in [0, 0.05) is 18.1 Å². The van der Waals surface area contributed by atoms with Gasteiger partial charge in [0.05, 0.1) is 15.6 Å². The summed E-state index contributed by atoms with van der Waals surface area (Å²) in [5.41, 5.74) is 0.0622. The van der Waals surface area contributed by atoms with Crippen LogP contribution in [0.25, 0.3) is 0 Å². The van der Waals surface area contributed by atoms with Crippen LogP contribution in [0, 0.1) is 0 Å². The van der Waals surface area contributed by atoms with Crippen LogP contribution in [0.15, 0.2) is 0 Å². The van der Waals surface area contributed by atoms with Crippen molar-refractivity contribution < 1.29 is 8.76 Å². The highest BCUT2D eigenvalue weighted by Crippen LogP contribution is 2.27. The second-order valence-corrected chi connectivity index (χ2v) is 8.09. The lowest BCUT2D eigenvalue weighted by Gasteiger charge is -2.43. The fraction of sp³-hybridized carbons (Fsp3) is 0.923. The van der Waals surface area contributed by atoms with E-state index in [4.69, 9.17) is 0 Å². The van der Waals surface area contributed by atoms with Gasteiger partial charge < -0.3 is 4.55 Å².